The van der Waals surface area contributed by atoms with E-state index in [1.54, 1.807) is 0 Å². The Morgan fingerprint density at radius 2 is 2.20 bits per heavy atom. The van der Waals surface area contributed by atoms with E-state index in [4.69, 9.17) is 0 Å². The van der Waals surface area contributed by atoms with E-state index in [0.29, 0.717) is 12.0 Å². The molecule has 0 aliphatic heterocycles. The first-order chi connectivity index (χ1) is 9.49. The quantitative estimate of drug-likeness (QED) is 0.853. The molecule has 2 amide bonds. The summed E-state index contributed by atoms with van der Waals surface area (Å²) >= 11 is 0. The molecule has 1 aromatic rings. The number of urea groups is 1. The molecule has 112 valence electrons. The van der Waals surface area contributed by atoms with Gasteiger partial charge in [-0.2, -0.15) is 0 Å². The molecule has 1 N–H and O–H groups in total. The van der Waals surface area contributed by atoms with Gasteiger partial charge in [0.05, 0.1) is 0 Å². The summed E-state index contributed by atoms with van der Waals surface area (Å²) in [5.41, 5.74) is 1.31. The molecule has 1 fully saturated rings. The zero-order valence-corrected chi connectivity index (χ0v) is 13.1. The first-order valence-electron chi connectivity index (χ1n) is 7.62. The lowest BCUT2D eigenvalue weighted by Crippen LogP contribution is -2.46. The molecule has 4 nitrogen and oxygen atoms in total. The Kier molecular flexibility index (Phi) is 4.73. The van der Waals surface area contributed by atoms with Crippen LogP contribution in [0.1, 0.15) is 38.8 Å². The van der Waals surface area contributed by atoms with Gasteiger partial charge in [0.2, 0.25) is 0 Å². The Balaban J connectivity index is 1.74. The van der Waals surface area contributed by atoms with Gasteiger partial charge < -0.3 is 14.8 Å². The molecule has 1 aromatic heterocycles. The van der Waals surface area contributed by atoms with Crippen molar-refractivity contribution in [3.8, 4) is 0 Å². The molecular weight excluding hydrogens is 250 g/mol. The van der Waals surface area contributed by atoms with Crippen LogP contribution in [-0.2, 0) is 13.5 Å². The van der Waals surface area contributed by atoms with E-state index >= 15 is 0 Å². The molecule has 2 atom stereocenters. The van der Waals surface area contributed by atoms with Crippen molar-refractivity contribution in [1.82, 2.24) is 14.8 Å². The van der Waals surface area contributed by atoms with Crippen molar-refractivity contribution in [2.45, 2.75) is 51.6 Å². The smallest absolute Gasteiger partial charge is 0.317 e. The Morgan fingerprint density at radius 1 is 1.50 bits per heavy atom. The summed E-state index contributed by atoms with van der Waals surface area (Å²) in [6, 6.07) is 4.81. The normalized spacial score (nSPS) is 17.6. The average Bonchev–Trinajstić information content (AvgIpc) is 3.18. The van der Waals surface area contributed by atoms with Crippen LogP contribution in [0.4, 0.5) is 4.79 Å². The van der Waals surface area contributed by atoms with E-state index in [-0.39, 0.29) is 12.1 Å². The van der Waals surface area contributed by atoms with Gasteiger partial charge in [-0.3, -0.25) is 0 Å². The van der Waals surface area contributed by atoms with Crippen molar-refractivity contribution in [1.29, 1.82) is 0 Å². The fraction of sp³-hybridized carbons (Fsp3) is 0.688. The maximum Gasteiger partial charge on any atom is 0.317 e. The molecule has 2 rings (SSSR count). The molecule has 1 aliphatic carbocycles. The van der Waals surface area contributed by atoms with Gasteiger partial charge in [0.15, 0.2) is 0 Å². The molecule has 1 saturated carbocycles. The maximum atomic E-state index is 12.2. The minimum absolute atomic E-state index is 0.0591. The summed E-state index contributed by atoms with van der Waals surface area (Å²) in [5, 5.41) is 3.10. The number of hydrogen-bond acceptors (Lipinski definition) is 1. The highest BCUT2D eigenvalue weighted by Gasteiger charge is 2.32. The number of aryl methyl sites for hydroxylation is 2. The molecule has 1 aliphatic rings. The van der Waals surface area contributed by atoms with Gasteiger partial charge in [-0.05, 0) is 57.6 Å². The Bertz CT molecular complexity index is 450. The van der Waals surface area contributed by atoms with Crippen LogP contribution in [0.15, 0.2) is 18.3 Å². The van der Waals surface area contributed by atoms with E-state index in [1.165, 1.54) is 18.5 Å². The van der Waals surface area contributed by atoms with Gasteiger partial charge >= 0.3 is 6.03 Å². The summed E-state index contributed by atoms with van der Waals surface area (Å²) in [5.74, 6) is 0.712. The number of carbonyl (C=O) groups excluding carboxylic acids is 1. The fourth-order valence-electron chi connectivity index (χ4n) is 2.59. The first-order valence-corrected chi connectivity index (χ1v) is 7.62. The van der Waals surface area contributed by atoms with Crippen LogP contribution in [0, 0.1) is 5.92 Å². The van der Waals surface area contributed by atoms with Crippen molar-refractivity contribution in [2.75, 3.05) is 7.05 Å². The number of aromatic nitrogens is 1. The number of nitrogens with one attached hydrogen (secondary N) is 1. The largest absolute Gasteiger partial charge is 0.354 e. The third-order valence-corrected chi connectivity index (χ3v) is 4.49. The van der Waals surface area contributed by atoms with Crippen LogP contribution < -0.4 is 5.32 Å². The summed E-state index contributed by atoms with van der Waals surface area (Å²) in [4.78, 5) is 14.0. The summed E-state index contributed by atoms with van der Waals surface area (Å²) in [6.07, 6.45) is 6.55. The molecule has 0 aromatic carbocycles. The topological polar surface area (TPSA) is 37.3 Å². The third-order valence-electron chi connectivity index (χ3n) is 4.49. The van der Waals surface area contributed by atoms with Crippen LogP contribution in [0.5, 0.6) is 0 Å². The second-order valence-corrected chi connectivity index (χ2v) is 6.19. The highest BCUT2D eigenvalue weighted by molar-refractivity contribution is 5.74. The van der Waals surface area contributed by atoms with Crippen molar-refractivity contribution >= 4 is 6.03 Å². The third kappa shape index (κ3) is 3.78. The molecular formula is C16H27N3O. The van der Waals surface area contributed by atoms with Crippen molar-refractivity contribution in [3.05, 3.63) is 24.0 Å². The second kappa shape index (κ2) is 6.33. The zero-order valence-electron chi connectivity index (χ0n) is 13.1. The molecule has 1 heterocycles. The van der Waals surface area contributed by atoms with Crippen LogP contribution in [0.2, 0.25) is 0 Å². The van der Waals surface area contributed by atoms with Crippen LogP contribution in [-0.4, -0.2) is 34.6 Å². The minimum atomic E-state index is 0.0591. The molecule has 0 spiro atoms. The van der Waals surface area contributed by atoms with Crippen molar-refractivity contribution in [3.63, 3.8) is 0 Å². The predicted octanol–water partition coefficient (Wildman–Crippen LogP) is 2.79. The van der Waals surface area contributed by atoms with Crippen LogP contribution >= 0.6 is 0 Å². The molecule has 0 radical (unpaired) electrons. The van der Waals surface area contributed by atoms with Crippen LogP contribution in [0.3, 0.4) is 0 Å². The molecule has 0 unspecified atom stereocenters. The molecule has 4 heteroatoms. The summed E-state index contributed by atoms with van der Waals surface area (Å²) in [6.45, 7) is 4.22. The standard InChI is InChI=1S/C16H27N3O/c1-12(7-10-15-6-5-11-18(15)3)17-16(20)19(4)13(2)14-8-9-14/h5-6,11-14H,7-10H2,1-4H3,(H,17,20)/t12-,13-/m1/s1. The van der Waals surface area contributed by atoms with Gasteiger partial charge in [0, 0.05) is 38.1 Å². The van der Waals surface area contributed by atoms with E-state index in [2.05, 4.69) is 49.1 Å². The number of hydrogen-bond donors (Lipinski definition) is 1. The lowest BCUT2D eigenvalue weighted by Gasteiger charge is -2.27. The lowest BCUT2D eigenvalue weighted by molar-refractivity contribution is 0.184. The van der Waals surface area contributed by atoms with Gasteiger partial charge in [0.25, 0.3) is 0 Å². The number of nitrogens with zero attached hydrogens (tertiary/aromatic N) is 2. The van der Waals surface area contributed by atoms with Crippen LogP contribution in [0.25, 0.3) is 0 Å². The lowest BCUT2D eigenvalue weighted by atomic mass is 10.1. The van der Waals surface area contributed by atoms with E-state index in [9.17, 15) is 4.79 Å². The average molecular weight is 277 g/mol. The van der Waals surface area contributed by atoms with Gasteiger partial charge in [-0.1, -0.05) is 0 Å². The van der Waals surface area contributed by atoms with Gasteiger partial charge in [-0.25, -0.2) is 4.79 Å². The Labute approximate surface area is 122 Å². The molecule has 20 heavy (non-hydrogen) atoms. The van der Waals surface area contributed by atoms with E-state index in [1.807, 2.05) is 11.9 Å². The maximum absolute atomic E-state index is 12.2. The number of amides is 2. The molecule has 0 bridgehead atoms. The number of carbonyl (C=O) groups is 1. The Hall–Kier alpha value is -1.45. The first kappa shape index (κ1) is 14.9. The zero-order chi connectivity index (χ0) is 14.7. The van der Waals surface area contributed by atoms with Gasteiger partial charge in [0.1, 0.15) is 0 Å². The van der Waals surface area contributed by atoms with E-state index < -0.39 is 0 Å². The van der Waals surface area contributed by atoms with E-state index in [0.717, 1.165) is 12.8 Å². The summed E-state index contributed by atoms with van der Waals surface area (Å²) < 4.78 is 2.13. The highest BCUT2D eigenvalue weighted by Crippen LogP contribution is 2.34. The SMILES string of the molecule is C[C@H](CCc1cccn1C)NC(=O)N(C)[C@H](C)C1CC1. The minimum Gasteiger partial charge on any atom is -0.354 e. The molecule has 0 saturated heterocycles. The summed E-state index contributed by atoms with van der Waals surface area (Å²) in [7, 11) is 3.96. The van der Waals surface area contributed by atoms with Gasteiger partial charge in [-0.15, -0.1) is 0 Å². The fourth-order valence-corrected chi connectivity index (χ4v) is 2.59. The monoisotopic (exact) mass is 277 g/mol. The van der Waals surface area contributed by atoms with Crippen molar-refractivity contribution < 1.29 is 4.79 Å². The Morgan fingerprint density at radius 3 is 2.75 bits per heavy atom. The van der Waals surface area contributed by atoms with Crippen molar-refractivity contribution in [2.24, 2.45) is 13.0 Å². The second-order valence-electron chi connectivity index (χ2n) is 6.19. The highest BCUT2D eigenvalue weighted by atomic mass is 16.2. The number of rotatable bonds is 6. The predicted molar refractivity (Wildman–Crippen MR) is 81.7 cm³/mol.